The first-order valence-corrected chi connectivity index (χ1v) is 8.54. The number of fused-ring (bicyclic) bond motifs is 1. The Morgan fingerprint density at radius 1 is 1.25 bits per heavy atom. The van der Waals surface area contributed by atoms with Crippen LogP contribution in [0.4, 0.5) is 0 Å². The SMILES string of the molecule is CC(C)(C)[C@@H]1OCC[C@H]1c1noc(-c2coc3c2C(=O)CCC3)n1. The van der Waals surface area contributed by atoms with Crippen LogP contribution in [0.3, 0.4) is 0 Å². The summed E-state index contributed by atoms with van der Waals surface area (Å²) in [4.78, 5) is 16.8. The molecule has 0 radical (unpaired) electrons. The van der Waals surface area contributed by atoms with Gasteiger partial charge in [-0.05, 0) is 18.3 Å². The van der Waals surface area contributed by atoms with Crippen molar-refractivity contribution in [1.29, 1.82) is 0 Å². The molecular weight excluding hydrogens is 308 g/mol. The number of carbonyl (C=O) groups excluding carboxylic acids is 1. The molecule has 0 bridgehead atoms. The molecule has 3 heterocycles. The van der Waals surface area contributed by atoms with Crippen LogP contribution in [0.1, 0.15) is 67.9 Å². The Labute approximate surface area is 140 Å². The molecule has 2 aromatic heterocycles. The number of ether oxygens (including phenoxy) is 1. The van der Waals surface area contributed by atoms with E-state index in [0.717, 1.165) is 25.0 Å². The molecule has 2 aromatic rings. The smallest absolute Gasteiger partial charge is 0.261 e. The normalized spacial score (nSPS) is 24.4. The Balaban J connectivity index is 1.67. The van der Waals surface area contributed by atoms with Crippen molar-refractivity contribution in [3.8, 4) is 11.5 Å². The minimum Gasteiger partial charge on any atom is -0.468 e. The maximum Gasteiger partial charge on any atom is 0.261 e. The fourth-order valence-corrected chi connectivity index (χ4v) is 3.78. The van der Waals surface area contributed by atoms with Crippen LogP contribution < -0.4 is 0 Å². The molecule has 128 valence electrons. The molecule has 1 aliphatic carbocycles. The monoisotopic (exact) mass is 330 g/mol. The molecule has 2 atom stereocenters. The Bertz CT molecular complexity index is 768. The molecule has 0 amide bonds. The van der Waals surface area contributed by atoms with Gasteiger partial charge in [0.15, 0.2) is 11.6 Å². The fourth-order valence-electron chi connectivity index (χ4n) is 3.78. The maximum absolute atomic E-state index is 12.2. The number of Topliss-reactive ketones (excluding diaryl/α,β-unsaturated/α-hetero) is 1. The molecule has 0 aromatic carbocycles. The van der Waals surface area contributed by atoms with Gasteiger partial charge in [-0.1, -0.05) is 25.9 Å². The van der Waals surface area contributed by atoms with Gasteiger partial charge in [0.1, 0.15) is 12.0 Å². The summed E-state index contributed by atoms with van der Waals surface area (Å²) in [6.07, 6.45) is 4.66. The van der Waals surface area contributed by atoms with E-state index in [0.29, 0.717) is 35.9 Å². The number of hydrogen-bond donors (Lipinski definition) is 0. The highest BCUT2D eigenvalue weighted by atomic mass is 16.5. The van der Waals surface area contributed by atoms with Crippen LogP contribution in [-0.4, -0.2) is 28.6 Å². The number of nitrogens with zero attached hydrogens (tertiary/aromatic N) is 2. The lowest BCUT2D eigenvalue weighted by molar-refractivity contribution is 0.0193. The van der Waals surface area contributed by atoms with E-state index in [9.17, 15) is 4.79 Å². The minimum atomic E-state index is 0.00668. The summed E-state index contributed by atoms with van der Waals surface area (Å²) in [5.74, 6) is 1.96. The van der Waals surface area contributed by atoms with Crippen molar-refractivity contribution in [3.05, 3.63) is 23.4 Å². The second-order valence-corrected chi connectivity index (χ2v) is 7.73. The fraction of sp³-hybridized carbons (Fsp3) is 0.611. The third-order valence-electron chi connectivity index (χ3n) is 4.90. The van der Waals surface area contributed by atoms with E-state index < -0.39 is 0 Å². The molecule has 6 heteroatoms. The highest BCUT2D eigenvalue weighted by Gasteiger charge is 2.41. The first-order chi connectivity index (χ1) is 11.4. The lowest BCUT2D eigenvalue weighted by Crippen LogP contribution is -2.30. The predicted octanol–water partition coefficient (Wildman–Crippen LogP) is 3.77. The van der Waals surface area contributed by atoms with Crippen LogP contribution in [-0.2, 0) is 11.2 Å². The zero-order valence-corrected chi connectivity index (χ0v) is 14.3. The first kappa shape index (κ1) is 15.6. The second-order valence-electron chi connectivity index (χ2n) is 7.73. The largest absolute Gasteiger partial charge is 0.468 e. The highest BCUT2D eigenvalue weighted by molar-refractivity contribution is 6.03. The lowest BCUT2D eigenvalue weighted by atomic mass is 9.81. The number of rotatable bonds is 2. The van der Waals surface area contributed by atoms with Crippen LogP contribution >= 0.6 is 0 Å². The molecule has 0 N–H and O–H groups in total. The van der Waals surface area contributed by atoms with Gasteiger partial charge in [0.05, 0.1) is 23.1 Å². The van der Waals surface area contributed by atoms with E-state index in [-0.39, 0.29) is 23.2 Å². The average Bonchev–Trinajstić information content (AvgIpc) is 3.24. The second kappa shape index (κ2) is 5.55. The summed E-state index contributed by atoms with van der Waals surface area (Å²) in [5.41, 5.74) is 1.25. The van der Waals surface area contributed by atoms with E-state index >= 15 is 0 Å². The number of hydrogen-bond acceptors (Lipinski definition) is 6. The van der Waals surface area contributed by atoms with E-state index in [1.54, 1.807) is 6.26 Å². The molecule has 2 aliphatic rings. The van der Waals surface area contributed by atoms with E-state index in [4.69, 9.17) is 13.7 Å². The van der Waals surface area contributed by atoms with Crippen molar-refractivity contribution in [2.24, 2.45) is 5.41 Å². The number of furan rings is 1. The molecule has 0 spiro atoms. The molecule has 4 rings (SSSR count). The summed E-state index contributed by atoms with van der Waals surface area (Å²) in [7, 11) is 0. The Morgan fingerprint density at radius 3 is 2.88 bits per heavy atom. The molecule has 0 saturated carbocycles. The van der Waals surface area contributed by atoms with Crippen molar-refractivity contribution in [2.45, 2.75) is 58.5 Å². The molecule has 24 heavy (non-hydrogen) atoms. The van der Waals surface area contributed by atoms with Gasteiger partial charge in [-0.15, -0.1) is 0 Å². The quantitative estimate of drug-likeness (QED) is 0.834. The van der Waals surface area contributed by atoms with Crippen LogP contribution in [0.15, 0.2) is 15.2 Å². The predicted molar refractivity (Wildman–Crippen MR) is 85.8 cm³/mol. The van der Waals surface area contributed by atoms with Crippen LogP contribution in [0.2, 0.25) is 0 Å². The van der Waals surface area contributed by atoms with Gasteiger partial charge in [0, 0.05) is 19.4 Å². The number of aromatic nitrogens is 2. The van der Waals surface area contributed by atoms with Crippen molar-refractivity contribution in [2.75, 3.05) is 6.61 Å². The van der Waals surface area contributed by atoms with Crippen LogP contribution in [0.5, 0.6) is 0 Å². The summed E-state index contributed by atoms with van der Waals surface area (Å²) >= 11 is 0. The molecule has 0 unspecified atom stereocenters. The topological polar surface area (TPSA) is 78.4 Å². The molecular formula is C18H22N2O4. The van der Waals surface area contributed by atoms with Crippen LogP contribution in [0.25, 0.3) is 11.5 Å². The number of carbonyl (C=O) groups is 1. The number of ketones is 1. The van der Waals surface area contributed by atoms with Crippen molar-refractivity contribution >= 4 is 5.78 Å². The lowest BCUT2D eigenvalue weighted by Gasteiger charge is -2.29. The average molecular weight is 330 g/mol. The summed E-state index contributed by atoms with van der Waals surface area (Å²) < 4.78 is 16.9. The first-order valence-electron chi connectivity index (χ1n) is 8.54. The van der Waals surface area contributed by atoms with Gasteiger partial charge in [-0.3, -0.25) is 4.79 Å². The van der Waals surface area contributed by atoms with Gasteiger partial charge in [-0.2, -0.15) is 4.98 Å². The zero-order valence-electron chi connectivity index (χ0n) is 14.3. The third-order valence-corrected chi connectivity index (χ3v) is 4.90. The van der Waals surface area contributed by atoms with Gasteiger partial charge >= 0.3 is 0 Å². The molecule has 6 nitrogen and oxygen atoms in total. The summed E-state index contributed by atoms with van der Waals surface area (Å²) in [6, 6.07) is 0. The minimum absolute atomic E-state index is 0.00668. The maximum atomic E-state index is 12.2. The standard InChI is InChI=1S/C18H22N2O4/c1-18(2,3)15-10(7-8-22-15)16-19-17(24-20-16)11-9-23-13-6-4-5-12(21)14(11)13/h9-10,15H,4-8H2,1-3H3/t10-,15-/m1/s1. The molecule has 1 fully saturated rings. The van der Waals surface area contributed by atoms with Gasteiger partial charge < -0.3 is 13.7 Å². The van der Waals surface area contributed by atoms with Crippen LogP contribution in [0, 0.1) is 5.41 Å². The summed E-state index contributed by atoms with van der Waals surface area (Å²) in [6.45, 7) is 7.17. The third kappa shape index (κ3) is 2.49. The van der Waals surface area contributed by atoms with Gasteiger partial charge in [0.2, 0.25) is 0 Å². The van der Waals surface area contributed by atoms with E-state index in [1.165, 1.54) is 0 Å². The Hall–Kier alpha value is -1.95. The molecule has 1 aliphatic heterocycles. The Morgan fingerprint density at radius 2 is 2.08 bits per heavy atom. The number of aryl methyl sites for hydroxylation is 1. The van der Waals surface area contributed by atoms with Gasteiger partial charge in [-0.25, -0.2) is 0 Å². The van der Waals surface area contributed by atoms with Crippen molar-refractivity contribution < 1.29 is 18.5 Å². The van der Waals surface area contributed by atoms with Gasteiger partial charge in [0.25, 0.3) is 5.89 Å². The highest BCUT2D eigenvalue weighted by Crippen LogP contribution is 2.40. The van der Waals surface area contributed by atoms with Crippen molar-refractivity contribution in [1.82, 2.24) is 10.1 Å². The van der Waals surface area contributed by atoms with Crippen molar-refractivity contribution in [3.63, 3.8) is 0 Å². The summed E-state index contributed by atoms with van der Waals surface area (Å²) in [5, 5.41) is 4.17. The van der Waals surface area contributed by atoms with E-state index in [2.05, 4.69) is 30.9 Å². The zero-order chi connectivity index (χ0) is 16.9. The Kier molecular flexibility index (Phi) is 3.60. The molecule has 1 saturated heterocycles. The van der Waals surface area contributed by atoms with E-state index in [1.807, 2.05) is 0 Å².